The summed E-state index contributed by atoms with van der Waals surface area (Å²) < 4.78 is 10.5. The lowest BCUT2D eigenvalue weighted by Crippen LogP contribution is -2.65. The van der Waals surface area contributed by atoms with Crippen molar-refractivity contribution in [2.45, 2.75) is 69.6 Å². The van der Waals surface area contributed by atoms with Gasteiger partial charge in [-0.05, 0) is 52.2 Å². The topological polar surface area (TPSA) is 105 Å². The molecule has 1 fully saturated rings. The maximum atomic E-state index is 13.2. The first-order valence-electron chi connectivity index (χ1n) is 10.1. The lowest BCUT2D eigenvalue weighted by Gasteiger charge is -2.47. The molecule has 3 rings (SSSR count). The predicted molar refractivity (Wildman–Crippen MR) is 110 cm³/mol. The number of benzene rings is 1. The zero-order chi connectivity index (χ0) is 22.3. The molecule has 2 N–H and O–H groups in total. The number of anilines is 1. The monoisotopic (exact) mass is 418 g/mol. The van der Waals surface area contributed by atoms with Crippen LogP contribution in [-0.2, 0) is 24.5 Å². The second-order valence-electron chi connectivity index (χ2n) is 9.18. The van der Waals surface area contributed by atoms with Crippen LogP contribution in [0.2, 0.25) is 0 Å². The normalized spacial score (nSPS) is 27.9. The molecule has 1 aromatic carbocycles. The van der Waals surface area contributed by atoms with Crippen molar-refractivity contribution in [3.8, 4) is 0 Å². The molecule has 0 saturated carbocycles. The van der Waals surface area contributed by atoms with Crippen LogP contribution < -0.4 is 10.2 Å². The van der Waals surface area contributed by atoms with E-state index in [1.165, 1.54) is 12.0 Å². The van der Waals surface area contributed by atoms with Gasteiger partial charge in [0, 0.05) is 18.7 Å². The second-order valence-corrected chi connectivity index (χ2v) is 9.18. The van der Waals surface area contributed by atoms with Gasteiger partial charge >= 0.3 is 12.1 Å². The van der Waals surface area contributed by atoms with Crippen molar-refractivity contribution in [3.63, 3.8) is 0 Å². The Kier molecular flexibility index (Phi) is 5.58. The number of ether oxygens (including phenoxy) is 2. The minimum atomic E-state index is -1.32. The number of methoxy groups -OCH3 is 1. The molecular formula is C22H30N2O6. The van der Waals surface area contributed by atoms with Crippen molar-refractivity contribution < 1.29 is 29.0 Å². The van der Waals surface area contributed by atoms with Gasteiger partial charge in [0.15, 0.2) is 0 Å². The van der Waals surface area contributed by atoms with E-state index in [0.29, 0.717) is 11.3 Å². The van der Waals surface area contributed by atoms with Crippen LogP contribution in [0.3, 0.4) is 0 Å². The molecule has 1 saturated heterocycles. The van der Waals surface area contributed by atoms with Gasteiger partial charge in [-0.25, -0.2) is 4.79 Å². The van der Waals surface area contributed by atoms with Crippen LogP contribution in [-0.4, -0.2) is 54.0 Å². The highest BCUT2D eigenvalue weighted by atomic mass is 16.6. The minimum absolute atomic E-state index is 0.104. The number of piperidine rings is 1. The quantitative estimate of drug-likeness (QED) is 0.727. The van der Waals surface area contributed by atoms with Crippen molar-refractivity contribution in [1.82, 2.24) is 5.32 Å². The maximum absolute atomic E-state index is 13.2. The Labute approximate surface area is 176 Å². The van der Waals surface area contributed by atoms with Crippen LogP contribution in [0.15, 0.2) is 24.3 Å². The summed E-state index contributed by atoms with van der Waals surface area (Å²) in [6, 6.07) is 6.29. The third kappa shape index (κ3) is 3.64. The Morgan fingerprint density at radius 1 is 1.30 bits per heavy atom. The van der Waals surface area contributed by atoms with Gasteiger partial charge in [0.25, 0.3) is 0 Å². The Morgan fingerprint density at radius 3 is 2.60 bits per heavy atom. The van der Waals surface area contributed by atoms with E-state index in [-0.39, 0.29) is 31.7 Å². The molecule has 0 spiro atoms. The lowest BCUT2D eigenvalue weighted by atomic mass is 9.66. The first kappa shape index (κ1) is 22.1. The molecule has 0 aliphatic carbocycles. The number of carbonyl (C=O) groups excluding carboxylic acids is 3. The van der Waals surface area contributed by atoms with E-state index in [9.17, 15) is 19.5 Å². The summed E-state index contributed by atoms with van der Waals surface area (Å²) in [5, 5.41) is 13.9. The van der Waals surface area contributed by atoms with Crippen LogP contribution in [0.25, 0.3) is 0 Å². The number of para-hydroxylation sites is 1. The highest BCUT2D eigenvalue weighted by Gasteiger charge is 2.65. The lowest BCUT2D eigenvalue weighted by molar-refractivity contribution is -0.153. The zero-order valence-corrected chi connectivity index (χ0v) is 18.2. The van der Waals surface area contributed by atoms with Crippen LogP contribution in [0, 0.1) is 0 Å². The molecule has 2 heterocycles. The van der Waals surface area contributed by atoms with Gasteiger partial charge in [-0.2, -0.15) is 0 Å². The number of nitrogens with one attached hydrogen (secondary N) is 1. The first-order chi connectivity index (χ1) is 13.9. The van der Waals surface area contributed by atoms with Crippen molar-refractivity contribution in [1.29, 1.82) is 0 Å². The molecule has 0 aromatic heterocycles. The summed E-state index contributed by atoms with van der Waals surface area (Å²) >= 11 is 0. The second kappa shape index (κ2) is 7.58. The fraction of sp³-hybridized carbons (Fsp3) is 0.591. The maximum Gasteiger partial charge on any atom is 0.407 e. The third-order valence-electron chi connectivity index (χ3n) is 5.81. The van der Waals surface area contributed by atoms with Crippen LogP contribution >= 0.6 is 0 Å². The highest BCUT2D eigenvalue weighted by molar-refractivity contribution is 6.03. The van der Waals surface area contributed by atoms with Crippen molar-refractivity contribution in [3.05, 3.63) is 29.8 Å². The predicted octanol–water partition coefficient (Wildman–Crippen LogP) is 2.27. The Bertz CT molecular complexity index is 859. The molecule has 0 radical (unpaired) electrons. The SMILES string of the molecule is COC(=O)[C@@]1(CCNC(=O)OC(C)(C)C)c2ccccc2N2C(=O)CC[C@](C)(O)[C@H]21. The average molecular weight is 418 g/mol. The summed E-state index contributed by atoms with van der Waals surface area (Å²) in [5.74, 6) is -0.701. The highest BCUT2D eigenvalue weighted by Crippen LogP contribution is 2.54. The number of amides is 2. The summed E-state index contributed by atoms with van der Waals surface area (Å²) in [6.07, 6.45) is -0.0394. The number of rotatable bonds is 4. The summed E-state index contributed by atoms with van der Waals surface area (Å²) in [5.41, 5.74) is -2.08. The Balaban J connectivity index is 2.02. The summed E-state index contributed by atoms with van der Waals surface area (Å²) in [7, 11) is 1.29. The number of alkyl carbamates (subject to hydrolysis) is 1. The van der Waals surface area contributed by atoms with Gasteiger partial charge in [0.05, 0.1) is 18.8 Å². The average Bonchev–Trinajstić information content (AvgIpc) is 2.96. The molecule has 2 aliphatic rings. The van der Waals surface area contributed by atoms with Gasteiger partial charge in [-0.3, -0.25) is 9.59 Å². The number of fused-ring (bicyclic) bond motifs is 3. The molecule has 1 aromatic rings. The van der Waals surface area contributed by atoms with Crippen LogP contribution in [0.5, 0.6) is 0 Å². The van der Waals surface area contributed by atoms with E-state index in [1.54, 1.807) is 52.0 Å². The van der Waals surface area contributed by atoms with E-state index in [4.69, 9.17) is 9.47 Å². The number of hydrogen-bond donors (Lipinski definition) is 2. The number of aliphatic hydroxyl groups is 1. The van der Waals surface area contributed by atoms with Gasteiger partial charge in [-0.1, -0.05) is 18.2 Å². The first-order valence-corrected chi connectivity index (χ1v) is 10.1. The number of esters is 1. The summed E-state index contributed by atoms with van der Waals surface area (Å²) in [4.78, 5) is 39.7. The van der Waals surface area contributed by atoms with Crippen molar-refractivity contribution in [2.75, 3.05) is 18.6 Å². The van der Waals surface area contributed by atoms with Crippen molar-refractivity contribution >= 4 is 23.7 Å². The van der Waals surface area contributed by atoms with E-state index in [2.05, 4.69) is 5.32 Å². The van der Waals surface area contributed by atoms with E-state index >= 15 is 0 Å². The van der Waals surface area contributed by atoms with Crippen molar-refractivity contribution in [2.24, 2.45) is 0 Å². The fourth-order valence-electron chi connectivity index (χ4n) is 4.73. The van der Waals surface area contributed by atoms with Gasteiger partial charge in [0.2, 0.25) is 5.91 Å². The molecule has 8 heteroatoms. The van der Waals surface area contributed by atoms with Gasteiger partial charge in [0.1, 0.15) is 11.0 Å². The number of carbonyl (C=O) groups is 3. The molecule has 3 atom stereocenters. The molecule has 2 amide bonds. The molecule has 0 bridgehead atoms. The molecule has 2 aliphatic heterocycles. The standard InChI is InChI=1S/C22H30N2O6/c1-20(2,3)30-19(27)23-13-12-22(18(26)29-5)14-8-6-7-9-15(14)24-16(25)10-11-21(4,28)17(22)24/h6-9,17,28H,10-13H2,1-5H3,(H,23,27)/t17-,21-,22-/m0/s1. The number of nitrogens with zero attached hydrogens (tertiary/aromatic N) is 1. The van der Waals surface area contributed by atoms with Crippen LogP contribution in [0.4, 0.5) is 10.5 Å². The Morgan fingerprint density at radius 2 is 1.97 bits per heavy atom. The summed E-state index contributed by atoms with van der Waals surface area (Å²) in [6.45, 7) is 7.03. The number of hydrogen-bond acceptors (Lipinski definition) is 6. The zero-order valence-electron chi connectivity index (χ0n) is 18.2. The molecular weight excluding hydrogens is 388 g/mol. The van der Waals surface area contributed by atoms with E-state index < -0.39 is 34.7 Å². The Hall–Kier alpha value is -2.61. The molecule has 8 nitrogen and oxygen atoms in total. The fourth-order valence-corrected chi connectivity index (χ4v) is 4.73. The largest absolute Gasteiger partial charge is 0.468 e. The molecule has 0 unspecified atom stereocenters. The smallest absolute Gasteiger partial charge is 0.407 e. The van der Waals surface area contributed by atoms with E-state index in [1.807, 2.05) is 0 Å². The minimum Gasteiger partial charge on any atom is -0.468 e. The van der Waals surface area contributed by atoms with E-state index in [0.717, 1.165) is 0 Å². The van der Waals surface area contributed by atoms with Gasteiger partial charge in [-0.15, -0.1) is 0 Å². The molecule has 30 heavy (non-hydrogen) atoms. The molecule has 164 valence electrons. The third-order valence-corrected chi connectivity index (χ3v) is 5.81. The van der Waals surface area contributed by atoms with Crippen LogP contribution in [0.1, 0.15) is 52.5 Å². The van der Waals surface area contributed by atoms with Gasteiger partial charge < -0.3 is 24.8 Å².